The number of carbonyl (C=O) groups excluding carboxylic acids is 4. The van der Waals surface area contributed by atoms with Crippen LogP contribution in [0.3, 0.4) is 0 Å². The van der Waals surface area contributed by atoms with Gasteiger partial charge in [0.1, 0.15) is 0 Å². The van der Waals surface area contributed by atoms with Gasteiger partial charge in [0, 0.05) is 0 Å². The quantitative estimate of drug-likeness (QED) is 0.310. The number of ether oxygens (including phenoxy) is 3. The number of amides is 1. The highest BCUT2D eigenvalue weighted by Crippen LogP contribution is 2.39. The number of hydrogen-bond donors (Lipinski definition) is 2. The predicted molar refractivity (Wildman–Crippen MR) is 118 cm³/mol. The zero-order valence-electron chi connectivity index (χ0n) is 19.1. The summed E-state index contributed by atoms with van der Waals surface area (Å²) in [6.07, 6.45) is -1.06. The Balaban J connectivity index is 2.32. The summed E-state index contributed by atoms with van der Waals surface area (Å²) >= 11 is 0. The lowest BCUT2D eigenvalue weighted by molar-refractivity contribution is -0.163. The Labute approximate surface area is 191 Å². The average molecular weight is 460 g/mol. The van der Waals surface area contributed by atoms with Crippen molar-refractivity contribution in [3.63, 3.8) is 0 Å². The number of hydrogen-bond acceptors (Lipinski definition) is 9. The molecule has 2 aliphatic carbocycles. The van der Waals surface area contributed by atoms with Gasteiger partial charge in [0.25, 0.3) is 0 Å². The first kappa shape index (κ1) is 25.6. The number of anilines is 1. The molecule has 2 rings (SSSR count). The summed E-state index contributed by atoms with van der Waals surface area (Å²) in [6, 6.07) is 6.42. The first-order chi connectivity index (χ1) is 15.7. The standard InChI is InChI=1S/C23H28N2O8/c1-5-30-21(27)13(4)33-25-17(26)12-14-8-10-15-16(11-9-14)19(23(29)32-7-3)20(24)18(15)22(28)31-6-2/h8-11,13H,5-7,12,24H2,1-4H3,(H,25,26). The van der Waals surface area contributed by atoms with E-state index in [9.17, 15) is 19.2 Å². The molecule has 0 fully saturated rings. The maximum Gasteiger partial charge on any atom is 0.340 e. The van der Waals surface area contributed by atoms with Gasteiger partial charge in [-0.15, -0.1) is 0 Å². The van der Waals surface area contributed by atoms with E-state index < -0.39 is 29.9 Å². The molecule has 33 heavy (non-hydrogen) atoms. The maximum absolute atomic E-state index is 12.5. The molecule has 0 spiro atoms. The Hall–Kier alpha value is -3.66. The summed E-state index contributed by atoms with van der Waals surface area (Å²) in [7, 11) is 0. The van der Waals surface area contributed by atoms with Gasteiger partial charge in [0.15, 0.2) is 6.10 Å². The van der Waals surface area contributed by atoms with Crippen LogP contribution in [0.15, 0.2) is 24.3 Å². The largest absolute Gasteiger partial charge is 0.464 e. The van der Waals surface area contributed by atoms with Crippen LogP contribution in [-0.4, -0.2) is 49.7 Å². The summed E-state index contributed by atoms with van der Waals surface area (Å²) in [6.45, 7) is 6.90. The van der Waals surface area contributed by atoms with Crippen molar-refractivity contribution in [1.29, 1.82) is 0 Å². The van der Waals surface area contributed by atoms with Gasteiger partial charge in [-0.1, -0.05) is 24.3 Å². The minimum absolute atomic E-state index is 0.0197. The van der Waals surface area contributed by atoms with Gasteiger partial charge in [0.05, 0.1) is 43.1 Å². The highest BCUT2D eigenvalue weighted by atomic mass is 16.7. The Bertz CT molecular complexity index is 949. The minimum atomic E-state index is -0.966. The third-order valence-electron chi connectivity index (χ3n) is 4.59. The maximum atomic E-state index is 12.5. The Morgan fingerprint density at radius 2 is 1.33 bits per heavy atom. The fourth-order valence-corrected chi connectivity index (χ4v) is 3.11. The molecule has 3 N–H and O–H groups in total. The summed E-state index contributed by atoms with van der Waals surface area (Å²) in [4.78, 5) is 53.9. The monoisotopic (exact) mass is 460 g/mol. The van der Waals surface area contributed by atoms with Crippen molar-refractivity contribution in [2.75, 3.05) is 25.6 Å². The molecule has 0 bridgehead atoms. The number of nitrogens with one attached hydrogen (secondary N) is 1. The Kier molecular flexibility index (Phi) is 9.17. The number of carbonyl (C=O) groups is 4. The highest BCUT2D eigenvalue weighted by molar-refractivity contribution is 6.15. The normalized spacial score (nSPS) is 11.5. The van der Waals surface area contributed by atoms with Gasteiger partial charge >= 0.3 is 17.9 Å². The molecule has 0 radical (unpaired) electrons. The number of nitrogen functional groups attached to an aromatic ring is 1. The summed E-state index contributed by atoms with van der Waals surface area (Å²) in [5, 5.41) is 0. The predicted octanol–water partition coefficient (Wildman–Crippen LogP) is 2.27. The molecule has 0 aromatic heterocycles. The van der Waals surface area contributed by atoms with E-state index in [1.165, 1.54) is 6.92 Å². The molecule has 0 saturated heterocycles. The van der Waals surface area contributed by atoms with Crippen LogP contribution in [0.25, 0.3) is 11.1 Å². The minimum Gasteiger partial charge on any atom is -0.464 e. The fourth-order valence-electron chi connectivity index (χ4n) is 3.11. The second-order valence-electron chi connectivity index (χ2n) is 6.89. The van der Waals surface area contributed by atoms with Crippen molar-refractivity contribution < 1.29 is 38.2 Å². The van der Waals surface area contributed by atoms with E-state index in [0.717, 1.165) is 0 Å². The summed E-state index contributed by atoms with van der Waals surface area (Å²) < 4.78 is 15.0. The first-order valence-corrected chi connectivity index (χ1v) is 10.5. The zero-order chi connectivity index (χ0) is 24.5. The second kappa shape index (κ2) is 11.8. The number of esters is 3. The molecular weight excluding hydrogens is 432 g/mol. The lowest BCUT2D eigenvalue weighted by atomic mass is 10.1. The molecular formula is C23H28N2O8. The molecule has 1 atom stereocenters. The van der Waals surface area contributed by atoms with Gasteiger partial charge in [-0.3, -0.25) is 9.63 Å². The molecule has 10 heteroatoms. The third kappa shape index (κ3) is 6.19. The van der Waals surface area contributed by atoms with Gasteiger partial charge in [0.2, 0.25) is 5.91 Å². The number of rotatable bonds is 10. The van der Waals surface area contributed by atoms with Crippen LogP contribution in [0.1, 0.15) is 54.0 Å². The topological polar surface area (TPSA) is 143 Å². The first-order valence-electron chi connectivity index (χ1n) is 10.5. The average Bonchev–Trinajstić information content (AvgIpc) is 2.90. The van der Waals surface area contributed by atoms with Crippen LogP contribution in [0.4, 0.5) is 5.69 Å². The fraction of sp³-hybridized carbons (Fsp3) is 0.391. The lowest BCUT2D eigenvalue weighted by Gasteiger charge is -2.11. The van der Waals surface area contributed by atoms with E-state index in [-0.39, 0.29) is 43.1 Å². The molecule has 178 valence electrons. The number of nitrogens with two attached hydrogens (primary N) is 1. The van der Waals surface area contributed by atoms with Crippen LogP contribution in [0.5, 0.6) is 0 Å². The smallest absolute Gasteiger partial charge is 0.340 e. The van der Waals surface area contributed by atoms with Crippen molar-refractivity contribution >= 4 is 29.5 Å². The van der Waals surface area contributed by atoms with Crippen LogP contribution >= 0.6 is 0 Å². The molecule has 10 nitrogen and oxygen atoms in total. The highest BCUT2D eigenvalue weighted by Gasteiger charge is 2.30. The van der Waals surface area contributed by atoms with Gasteiger partial charge < -0.3 is 19.9 Å². The van der Waals surface area contributed by atoms with Gasteiger partial charge in [-0.25, -0.2) is 19.9 Å². The molecule has 1 amide bonds. The van der Waals surface area contributed by atoms with E-state index >= 15 is 0 Å². The van der Waals surface area contributed by atoms with Crippen LogP contribution in [0.2, 0.25) is 0 Å². The van der Waals surface area contributed by atoms with Gasteiger partial charge in [-0.05, 0) is 44.4 Å². The van der Waals surface area contributed by atoms with Crippen LogP contribution in [-0.2, 0) is 35.1 Å². The molecule has 0 saturated carbocycles. The van der Waals surface area contributed by atoms with Crippen molar-refractivity contribution in [2.24, 2.45) is 0 Å². The van der Waals surface area contributed by atoms with Crippen molar-refractivity contribution in [1.82, 2.24) is 5.48 Å². The number of hydroxylamine groups is 1. The summed E-state index contributed by atoms with van der Waals surface area (Å²) in [5.41, 5.74) is 9.80. The van der Waals surface area contributed by atoms with E-state index in [1.54, 1.807) is 45.0 Å². The molecule has 0 aromatic rings. The molecule has 0 aliphatic heterocycles. The van der Waals surface area contributed by atoms with Crippen molar-refractivity contribution in [3.8, 4) is 11.1 Å². The van der Waals surface area contributed by atoms with E-state index in [4.69, 9.17) is 24.8 Å². The molecule has 0 aromatic carbocycles. The summed E-state index contributed by atoms with van der Waals surface area (Å²) in [5.74, 6) is -2.43. The van der Waals surface area contributed by atoms with Crippen LogP contribution in [0, 0.1) is 0 Å². The van der Waals surface area contributed by atoms with E-state index in [2.05, 4.69) is 5.48 Å². The Morgan fingerprint density at radius 3 is 1.79 bits per heavy atom. The lowest BCUT2D eigenvalue weighted by Crippen LogP contribution is -2.34. The van der Waals surface area contributed by atoms with Crippen LogP contribution < -0.4 is 11.2 Å². The zero-order valence-corrected chi connectivity index (χ0v) is 19.1. The second-order valence-corrected chi connectivity index (χ2v) is 6.89. The van der Waals surface area contributed by atoms with E-state index in [1.807, 2.05) is 0 Å². The Morgan fingerprint density at radius 1 is 0.848 bits per heavy atom. The number of fused-ring (bicyclic) bond motifs is 1. The van der Waals surface area contributed by atoms with E-state index in [0.29, 0.717) is 16.7 Å². The van der Waals surface area contributed by atoms with Gasteiger partial charge in [-0.2, -0.15) is 0 Å². The third-order valence-corrected chi connectivity index (χ3v) is 4.59. The van der Waals surface area contributed by atoms with Crippen molar-refractivity contribution in [2.45, 2.75) is 40.2 Å². The SMILES string of the molecule is CCOC(=O)c1c2ccc(CC(=O)NOC(C)C(=O)OCC)ccc-2c(C(=O)OCC)c1N. The van der Waals surface area contributed by atoms with Crippen molar-refractivity contribution in [3.05, 3.63) is 41.0 Å². The molecule has 0 heterocycles. The molecule has 2 aliphatic rings. The molecule has 1 unspecified atom stereocenters.